The SMILES string of the molecule is Cc1nnc(NC(=O)C(C)Sc2nc3c(cc2C#N)CCCCCC3)s1. The molecule has 0 aliphatic heterocycles. The van der Waals surface area contributed by atoms with E-state index in [2.05, 4.69) is 21.6 Å². The van der Waals surface area contributed by atoms with E-state index < -0.39 is 0 Å². The molecule has 0 saturated heterocycles. The Morgan fingerprint density at radius 2 is 2.08 bits per heavy atom. The van der Waals surface area contributed by atoms with Crippen molar-refractivity contribution in [2.45, 2.75) is 62.6 Å². The summed E-state index contributed by atoms with van der Waals surface area (Å²) >= 11 is 2.66. The molecule has 0 bridgehead atoms. The van der Waals surface area contributed by atoms with Gasteiger partial charge in [-0.25, -0.2) is 4.98 Å². The van der Waals surface area contributed by atoms with Crippen LogP contribution in [0.15, 0.2) is 11.1 Å². The second-order valence-corrected chi connectivity index (χ2v) is 8.86. The van der Waals surface area contributed by atoms with Crippen LogP contribution in [-0.2, 0) is 17.6 Å². The molecule has 0 fully saturated rings. The molecule has 3 rings (SSSR count). The van der Waals surface area contributed by atoms with Crippen molar-refractivity contribution in [3.05, 3.63) is 27.9 Å². The van der Waals surface area contributed by atoms with Crippen LogP contribution in [0.2, 0.25) is 0 Å². The summed E-state index contributed by atoms with van der Waals surface area (Å²) in [4.78, 5) is 17.2. The number of aryl methyl sites for hydroxylation is 3. The van der Waals surface area contributed by atoms with Gasteiger partial charge in [-0.05, 0) is 51.2 Å². The minimum absolute atomic E-state index is 0.163. The number of amides is 1. The Bertz CT molecular complexity index is 843. The summed E-state index contributed by atoms with van der Waals surface area (Å²) in [6, 6.07) is 4.21. The average molecular weight is 388 g/mol. The third-order valence-electron chi connectivity index (χ3n) is 4.30. The molecule has 2 aromatic heterocycles. The van der Waals surface area contributed by atoms with Gasteiger partial charge < -0.3 is 0 Å². The predicted octanol–water partition coefficient (Wildman–Crippen LogP) is 3.89. The lowest BCUT2D eigenvalue weighted by atomic mass is 9.96. The topological polar surface area (TPSA) is 91.6 Å². The average Bonchev–Trinajstić information content (AvgIpc) is 3.00. The fraction of sp³-hybridized carbons (Fsp3) is 0.500. The highest BCUT2D eigenvalue weighted by Gasteiger charge is 2.21. The highest BCUT2D eigenvalue weighted by molar-refractivity contribution is 8.00. The van der Waals surface area contributed by atoms with Gasteiger partial charge in [0.25, 0.3) is 0 Å². The third kappa shape index (κ3) is 4.59. The van der Waals surface area contributed by atoms with E-state index in [1.165, 1.54) is 41.5 Å². The zero-order valence-electron chi connectivity index (χ0n) is 14.9. The number of thioether (sulfide) groups is 1. The van der Waals surface area contributed by atoms with Crippen LogP contribution in [0, 0.1) is 18.3 Å². The molecular formula is C18H21N5OS2. The van der Waals surface area contributed by atoms with Crippen LogP contribution in [0.5, 0.6) is 0 Å². The highest BCUT2D eigenvalue weighted by atomic mass is 32.2. The standard InChI is InChI=1S/C18H21N5OS2/c1-11(16(24)21-18-23-22-12(2)26-18)25-17-14(10-19)9-13-7-5-3-4-6-8-15(13)20-17/h9,11H,3-8H2,1-2H3,(H,21,23,24). The number of hydrogen-bond acceptors (Lipinski definition) is 7. The van der Waals surface area contributed by atoms with Crippen molar-refractivity contribution in [1.29, 1.82) is 5.26 Å². The van der Waals surface area contributed by atoms with E-state index in [4.69, 9.17) is 4.98 Å². The summed E-state index contributed by atoms with van der Waals surface area (Å²) in [5.74, 6) is -0.163. The Kier molecular flexibility index (Phi) is 6.22. The molecule has 2 heterocycles. The number of fused-ring (bicyclic) bond motifs is 1. The highest BCUT2D eigenvalue weighted by Crippen LogP contribution is 2.29. The second kappa shape index (κ2) is 8.60. The van der Waals surface area contributed by atoms with Crippen molar-refractivity contribution in [3.8, 4) is 6.07 Å². The maximum Gasteiger partial charge on any atom is 0.239 e. The van der Waals surface area contributed by atoms with E-state index in [9.17, 15) is 10.1 Å². The first kappa shape index (κ1) is 18.8. The van der Waals surface area contributed by atoms with Gasteiger partial charge in [0.05, 0.1) is 10.8 Å². The second-order valence-electron chi connectivity index (χ2n) is 6.35. The van der Waals surface area contributed by atoms with Gasteiger partial charge in [-0.1, -0.05) is 35.9 Å². The van der Waals surface area contributed by atoms with E-state index in [1.54, 1.807) is 0 Å². The largest absolute Gasteiger partial charge is 0.300 e. The number of carbonyl (C=O) groups excluding carboxylic acids is 1. The van der Waals surface area contributed by atoms with Gasteiger partial charge in [0.15, 0.2) is 0 Å². The Morgan fingerprint density at radius 3 is 2.77 bits per heavy atom. The van der Waals surface area contributed by atoms with E-state index in [0.717, 1.165) is 36.4 Å². The number of aromatic nitrogens is 3. The fourth-order valence-electron chi connectivity index (χ4n) is 2.91. The molecule has 8 heteroatoms. The zero-order valence-corrected chi connectivity index (χ0v) is 16.5. The zero-order chi connectivity index (χ0) is 18.5. The number of carbonyl (C=O) groups is 1. The molecule has 0 aromatic carbocycles. The van der Waals surface area contributed by atoms with E-state index in [-0.39, 0.29) is 11.2 Å². The van der Waals surface area contributed by atoms with Crippen molar-refractivity contribution in [3.63, 3.8) is 0 Å². The lowest BCUT2D eigenvalue weighted by Crippen LogP contribution is -2.22. The Balaban J connectivity index is 1.76. The summed E-state index contributed by atoms with van der Waals surface area (Å²) in [7, 11) is 0. The van der Waals surface area contributed by atoms with Crippen LogP contribution in [0.25, 0.3) is 0 Å². The van der Waals surface area contributed by atoms with Gasteiger partial charge in [-0.15, -0.1) is 10.2 Å². The summed E-state index contributed by atoms with van der Waals surface area (Å²) in [6.07, 6.45) is 6.66. The van der Waals surface area contributed by atoms with Crippen molar-refractivity contribution in [2.24, 2.45) is 0 Å². The Hall–Kier alpha value is -1.98. The molecule has 0 saturated carbocycles. The van der Waals surface area contributed by atoms with Gasteiger partial charge in [0, 0.05) is 5.69 Å². The molecule has 1 aliphatic rings. The van der Waals surface area contributed by atoms with E-state index >= 15 is 0 Å². The quantitative estimate of drug-likeness (QED) is 0.800. The first-order valence-corrected chi connectivity index (χ1v) is 10.5. The number of pyridine rings is 1. The lowest BCUT2D eigenvalue weighted by Gasteiger charge is -2.16. The molecule has 1 N–H and O–H groups in total. The van der Waals surface area contributed by atoms with Gasteiger partial charge >= 0.3 is 0 Å². The number of rotatable bonds is 4. The van der Waals surface area contributed by atoms with Crippen molar-refractivity contribution < 1.29 is 4.79 Å². The molecule has 0 spiro atoms. The maximum absolute atomic E-state index is 12.4. The van der Waals surface area contributed by atoms with Crippen LogP contribution < -0.4 is 5.32 Å². The minimum atomic E-state index is -0.384. The molecule has 0 radical (unpaired) electrons. The van der Waals surface area contributed by atoms with Crippen LogP contribution in [0.3, 0.4) is 0 Å². The van der Waals surface area contributed by atoms with Gasteiger partial charge in [-0.3, -0.25) is 10.1 Å². The Labute approximate surface area is 161 Å². The molecule has 136 valence electrons. The first-order valence-electron chi connectivity index (χ1n) is 8.77. The van der Waals surface area contributed by atoms with Crippen molar-refractivity contribution >= 4 is 34.1 Å². The van der Waals surface area contributed by atoms with Crippen LogP contribution in [0.4, 0.5) is 5.13 Å². The minimum Gasteiger partial charge on any atom is -0.300 e. The number of nitrogens with zero attached hydrogens (tertiary/aromatic N) is 4. The Morgan fingerprint density at radius 1 is 1.31 bits per heavy atom. The van der Waals surface area contributed by atoms with Crippen molar-refractivity contribution in [2.75, 3.05) is 5.32 Å². The number of hydrogen-bond donors (Lipinski definition) is 1. The molecule has 26 heavy (non-hydrogen) atoms. The summed E-state index contributed by atoms with van der Waals surface area (Å²) in [5.41, 5.74) is 2.83. The van der Waals surface area contributed by atoms with Crippen LogP contribution in [-0.4, -0.2) is 26.3 Å². The molecule has 2 aromatic rings. The lowest BCUT2D eigenvalue weighted by molar-refractivity contribution is -0.115. The predicted molar refractivity (Wildman–Crippen MR) is 103 cm³/mol. The van der Waals surface area contributed by atoms with Gasteiger partial charge in [-0.2, -0.15) is 5.26 Å². The van der Waals surface area contributed by atoms with E-state index in [0.29, 0.717) is 15.7 Å². The summed E-state index contributed by atoms with van der Waals surface area (Å²) in [5, 5.41) is 21.7. The molecule has 1 atom stereocenters. The smallest absolute Gasteiger partial charge is 0.239 e. The van der Waals surface area contributed by atoms with Gasteiger partial charge in [0.1, 0.15) is 16.1 Å². The van der Waals surface area contributed by atoms with Gasteiger partial charge in [0.2, 0.25) is 11.0 Å². The normalized spacial score (nSPS) is 15.3. The summed E-state index contributed by atoms with van der Waals surface area (Å²) in [6.45, 7) is 3.65. The molecule has 1 unspecified atom stereocenters. The van der Waals surface area contributed by atoms with Crippen LogP contribution in [0.1, 0.15) is 54.4 Å². The molecule has 1 aliphatic carbocycles. The molecule has 6 nitrogen and oxygen atoms in total. The van der Waals surface area contributed by atoms with E-state index in [1.807, 2.05) is 19.9 Å². The monoisotopic (exact) mass is 387 g/mol. The molecular weight excluding hydrogens is 366 g/mol. The first-order chi connectivity index (χ1) is 12.6. The number of nitriles is 1. The molecule has 1 amide bonds. The number of nitrogens with one attached hydrogen (secondary N) is 1. The fourth-order valence-corrected chi connectivity index (χ4v) is 4.40. The third-order valence-corrected chi connectivity index (χ3v) is 6.16. The summed E-state index contributed by atoms with van der Waals surface area (Å²) < 4.78 is 0. The van der Waals surface area contributed by atoms with Crippen LogP contribution >= 0.6 is 23.1 Å². The number of anilines is 1. The maximum atomic E-state index is 12.4. The van der Waals surface area contributed by atoms with Crippen molar-refractivity contribution in [1.82, 2.24) is 15.2 Å².